The summed E-state index contributed by atoms with van der Waals surface area (Å²) in [5.74, 6) is 1.67. The van der Waals surface area contributed by atoms with Gasteiger partial charge in [-0.15, -0.1) is 0 Å². The lowest BCUT2D eigenvalue weighted by Crippen LogP contribution is -1.90. The Kier molecular flexibility index (Phi) is 6.22. The van der Waals surface area contributed by atoms with E-state index in [2.05, 4.69) is 29.3 Å². The Balaban J connectivity index is 1.88. The number of benzene rings is 2. The van der Waals surface area contributed by atoms with Crippen molar-refractivity contribution in [1.82, 2.24) is 0 Å². The van der Waals surface area contributed by atoms with Crippen molar-refractivity contribution >= 4 is 27.9 Å². The summed E-state index contributed by atoms with van der Waals surface area (Å²) in [7, 11) is 0. The summed E-state index contributed by atoms with van der Waals surface area (Å²) in [5.41, 5.74) is 2.48. The van der Waals surface area contributed by atoms with E-state index >= 15 is 0 Å². The van der Waals surface area contributed by atoms with Gasteiger partial charge >= 0.3 is 0 Å². The Labute approximate surface area is 127 Å². The van der Waals surface area contributed by atoms with Crippen LogP contribution in [0.5, 0.6) is 0 Å². The maximum absolute atomic E-state index is 8.77. The molecule has 20 heavy (non-hydrogen) atoms. The molecule has 2 nitrogen and oxygen atoms in total. The van der Waals surface area contributed by atoms with Crippen molar-refractivity contribution in [1.29, 1.82) is 5.26 Å². The van der Waals surface area contributed by atoms with Gasteiger partial charge in [-0.2, -0.15) is 10.3 Å². The van der Waals surface area contributed by atoms with Crippen LogP contribution in [0.25, 0.3) is 0 Å². The van der Waals surface area contributed by atoms with Gasteiger partial charge in [0.25, 0.3) is 0 Å². The van der Waals surface area contributed by atoms with Gasteiger partial charge in [0.2, 0.25) is 6.19 Å². The minimum Gasteiger partial charge on any atom is -0.170 e. The Morgan fingerprint density at radius 3 is 1.70 bits per heavy atom. The van der Waals surface area contributed by atoms with Crippen LogP contribution >= 0.6 is 23.5 Å². The van der Waals surface area contributed by atoms with E-state index in [1.807, 2.05) is 42.6 Å². The van der Waals surface area contributed by atoms with Gasteiger partial charge in [0.05, 0.1) is 0 Å². The molecule has 0 aromatic heterocycles. The quantitative estimate of drug-likeness (QED) is 0.467. The molecule has 0 bridgehead atoms. The van der Waals surface area contributed by atoms with Gasteiger partial charge in [-0.05, 0) is 11.1 Å². The van der Waals surface area contributed by atoms with Crippen molar-refractivity contribution in [2.45, 2.75) is 11.5 Å². The zero-order chi connectivity index (χ0) is 14.0. The molecular weight excluding hydrogens is 284 g/mol. The van der Waals surface area contributed by atoms with Crippen LogP contribution in [0.3, 0.4) is 0 Å². The lowest BCUT2D eigenvalue weighted by molar-refractivity contribution is 1.42. The van der Waals surface area contributed by atoms with E-state index in [4.69, 9.17) is 5.26 Å². The molecule has 0 N–H and O–H groups in total. The first kappa shape index (κ1) is 14.7. The summed E-state index contributed by atoms with van der Waals surface area (Å²) < 4.78 is 0.820. The number of thioether (sulfide) groups is 2. The average Bonchev–Trinajstić information content (AvgIpc) is 2.52. The minimum atomic E-state index is 0.820. The predicted octanol–water partition coefficient (Wildman–Crippen LogP) is 4.69. The standard InChI is InChI=1S/C16H14N2S2/c17-13-18-16(19-11-14-7-3-1-4-8-14)20-12-15-9-5-2-6-10-15/h1-10H,11-12H2. The molecule has 0 saturated heterocycles. The molecule has 2 rings (SSSR count). The third-order valence-electron chi connectivity index (χ3n) is 2.55. The molecule has 2 aromatic rings. The molecule has 0 heterocycles. The van der Waals surface area contributed by atoms with E-state index in [0.29, 0.717) is 0 Å². The van der Waals surface area contributed by atoms with Crippen molar-refractivity contribution in [2.24, 2.45) is 4.99 Å². The van der Waals surface area contributed by atoms with Crippen LogP contribution in [0.4, 0.5) is 0 Å². The largest absolute Gasteiger partial charge is 0.207 e. The van der Waals surface area contributed by atoms with Crippen molar-refractivity contribution < 1.29 is 0 Å². The van der Waals surface area contributed by atoms with Gasteiger partial charge in [0.1, 0.15) is 4.38 Å². The highest BCUT2D eigenvalue weighted by Gasteiger charge is 2.03. The molecule has 0 radical (unpaired) electrons. The van der Waals surface area contributed by atoms with Crippen LogP contribution in [-0.4, -0.2) is 4.38 Å². The summed E-state index contributed by atoms with van der Waals surface area (Å²) in [4.78, 5) is 3.90. The van der Waals surface area contributed by atoms with Crippen LogP contribution in [0, 0.1) is 11.5 Å². The SMILES string of the molecule is N#CN=C(SCc1ccccc1)SCc1ccccc1. The Hall–Kier alpha value is -1.70. The van der Waals surface area contributed by atoms with Gasteiger partial charge in [-0.3, -0.25) is 0 Å². The Morgan fingerprint density at radius 1 is 0.850 bits per heavy atom. The molecule has 0 aliphatic carbocycles. The number of aliphatic imine (C=N–C) groups is 1. The second-order valence-corrected chi connectivity index (χ2v) is 6.21. The normalized spacial score (nSPS) is 9.75. The summed E-state index contributed by atoms with van der Waals surface area (Å²) in [6.45, 7) is 0. The fourth-order valence-corrected chi connectivity index (χ4v) is 3.45. The first-order valence-corrected chi connectivity index (χ1v) is 8.16. The highest BCUT2D eigenvalue weighted by atomic mass is 32.2. The molecule has 4 heteroatoms. The topological polar surface area (TPSA) is 36.1 Å². The minimum absolute atomic E-state index is 0.820. The van der Waals surface area contributed by atoms with E-state index in [1.54, 1.807) is 23.5 Å². The van der Waals surface area contributed by atoms with E-state index in [9.17, 15) is 0 Å². The number of nitriles is 1. The van der Waals surface area contributed by atoms with Crippen molar-refractivity contribution in [3.8, 4) is 6.19 Å². The first-order chi connectivity index (χ1) is 9.88. The second-order valence-electron chi connectivity index (χ2n) is 4.03. The van der Waals surface area contributed by atoms with Gasteiger partial charge in [0.15, 0.2) is 0 Å². The van der Waals surface area contributed by atoms with Crippen LogP contribution in [-0.2, 0) is 11.5 Å². The highest BCUT2D eigenvalue weighted by Crippen LogP contribution is 2.24. The molecular formula is C16H14N2S2. The average molecular weight is 298 g/mol. The summed E-state index contributed by atoms with van der Waals surface area (Å²) in [6, 6.07) is 20.4. The van der Waals surface area contributed by atoms with Gasteiger partial charge in [-0.25, -0.2) is 0 Å². The van der Waals surface area contributed by atoms with Gasteiger partial charge < -0.3 is 0 Å². The van der Waals surface area contributed by atoms with Crippen molar-refractivity contribution in [3.05, 3.63) is 71.8 Å². The predicted molar refractivity (Wildman–Crippen MR) is 88.5 cm³/mol. The second kappa shape index (κ2) is 8.47. The fourth-order valence-electron chi connectivity index (χ4n) is 1.59. The molecule has 0 aliphatic heterocycles. The summed E-state index contributed by atoms with van der Waals surface area (Å²) >= 11 is 3.22. The number of nitrogens with zero attached hydrogens (tertiary/aromatic N) is 2. The Bertz CT molecular complexity index is 543. The lowest BCUT2D eigenvalue weighted by Gasteiger charge is -2.04. The van der Waals surface area contributed by atoms with E-state index < -0.39 is 0 Å². The zero-order valence-corrected chi connectivity index (χ0v) is 12.5. The maximum Gasteiger partial charge on any atom is 0.207 e. The third-order valence-corrected chi connectivity index (χ3v) is 4.89. The van der Waals surface area contributed by atoms with Crippen LogP contribution in [0.1, 0.15) is 11.1 Å². The molecule has 2 aromatic carbocycles. The summed E-state index contributed by atoms with van der Waals surface area (Å²) in [5, 5.41) is 8.77. The molecule has 0 atom stereocenters. The van der Waals surface area contributed by atoms with Crippen molar-refractivity contribution in [2.75, 3.05) is 0 Å². The molecule has 0 aliphatic rings. The first-order valence-electron chi connectivity index (χ1n) is 6.18. The Morgan fingerprint density at radius 2 is 1.30 bits per heavy atom. The molecule has 0 amide bonds. The van der Waals surface area contributed by atoms with E-state index in [-0.39, 0.29) is 0 Å². The zero-order valence-electron chi connectivity index (χ0n) is 10.9. The fraction of sp³-hybridized carbons (Fsp3) is 0.125. The number of hydrogen-bond acceptors (Lipinski definition) is 4. The number of hydrogen-bond donors (Lipinski definition) is 0. The maximum atomic E-state index is 8.77. The van der Waals surface area contributed by atoms with Gasteiger partial charge in [0, 0.05) is 11.5 Å². The van der Waals surface area contributed by atoms with E-state index in [1.165, 1.54) is 11.1 Å². The summed E-state index contributed by atoms with van der Waals surface area (Å²) in [6.07, 6.45) is 1.89. The monoisotopic (exact) mass is 298 g/mol. The van der Waals surface area contributed by atoms with Crippen LogP contribution in [0.2, 0.25) is 0 Å². The van der Waals surface area contributed by atoms with E-state index in [0.717, 1.165) is 15.9 Å². The molecule has 0 saturated carbocycles. The van der Waals surface area contributed by atoms with Crippen LogP contribution in [0.15, 0.2) is 65.7 Å². The molecule has 0 spiro atoms. The molecule has 0 fully saturated rings. The van der Waals surface area contributed by atoms with Gasteiger partial charge in [-0.1, -0.05) is 84.2 Å². The smallest absolute Gasteiger partial charge is 0.170 e. The molecule has 100 valence electrons. The number of rotatable bonds is 4. The third kappa shape index (κ3) is 5.12. The molecule has 0 unspecified atom stereocenters. The van der Waals surface area contributed by atoms with Crippen molar-refractivity contribution in [3.63, 3.8) is 0 Å². The van der Waals surface area contributed by atoms with Crippen LogP contribution < -0.4 is 0 Å². The highest BCUT2D eigenvalue weighted by molar-refractivity contribution is 8.38. The lowest BCUT2D eigenvalue weighted by atomic mass is 10.2.